The SMILES string of the molecule is CC(C)N1CCn2nc(C(=O)O)cc2S1(=O)=O. The molecule has 1 aliphatic rings. The van der Waals surface area contributed by atoms with Crippen LogP contribution in [0.2, 0.25) is 0 Å². The van der Waals surface area contributed by atoms with Gasteiger partial charge < -0.3 is 5.11 Å². The quantitative estimate of drug-likeness (QED) is 0.806. The molecule has 1 aromatic rings. The largest absolute Gasteiger partial charge is 0.476 e. The molecular formula is C9H13N3O4S. The highest BCUT2D eigenvalue weighted by Gasteiger charge is 2.35. The Balaban J connectivity index is 2.54. The van der Waals surface area contributed by atoms with Crippen LogP contribution in [0.5, 0.6) is 0 Å². The molecule has 0 radical (unpaired) electrons. The van der Waals surface area contributed by atoms with Crippen molar-refractivity contribution in [3.8, 4) is 0 Å². The predicted molar refractivity (Wildman–Crippen MR) is 58.2 cm³/mol. The summed E-state index contributed by atoms with van der Waals surface area (Å²) in [4.78, 5) is 10.8. The molecule has 0 saturated heterocycles. The summed E-state index contributed by atoms with van der Waals surface area (Å²) in [5, 5.41) is 12.5. The van der Waals surface area contributed by atoms with Gasteiger partial charge in [0, 0.05) is 18.7 Å². The van der Waals surface area contributed by atoms with Crippen LogP contribution in [0.3, 0.4) is 0 Å². The van der Waals surface area contributed by atoms with E-state index in [0.29, 0.717) is 13.1 Å². The van der Waals surface area contributed by atoms with E-state index < -0.39 is 16.0 Å². The molecule has 1 aliphatic heterocycles. The van der Waals surface area contributed by atoms with E-state index in [-0.39, 0.29) is 16.8 Å². The molecule has 0 spiro atoms. The normalized spacial score (nSPS) is 19.2. The van der Waals surface area contributed by atoms with E-state index >= 15 is 0 Å². The number of carboxylic acid groups (broad SMARTS) is 1. The van der Waals surface area contributed by atoms with Gasteiger partial charge in [-0.15, -0.1) is 0 Å². The molecule has 0 atom stereocenters. The molecule has 17 heavy (non-hydrogen) atoms. The summed E-state index contributed by atoms with van der Waals surface area (Å²) in [7, 11) is -3.62. The van der Waals surface area contributed by atoms with E-state index in [2.05, 4.69) is 5.10 Å². The molecule has 0 saturated carbocycles. The van der Waals surface area contributed by atoms with Crippen molar-refractivity contribution in [2.75, 3.05) is 6.54 Å². The summed E-state index contributed by atoms with van der Waals surface area (Å²) in [5.74, 6) is -1.22. The molecule has 0 fully saturated rings. The highest BCUT2D eigenvalue weighted by Crippen LogP contribution is 2.23. The van der Waals surface area contributed by atoms with Crippen molar-refractivity contribution in [2.45, 2.75) is 31.5 Å². The van der Waals surface area contributed by atoms with E-state index in [9.17, 15) is 13.2 Å². The Morgan fingerprint density at radius 3 is 2.65 bits per heavy atom. The molecule has 0 aliphatic carbocycles. The number of carbonyl (C=O) groups is 1. The van der Waals surface area contributed by atoms with Crippen LogP contribution in [-0.2, 0) is 16.6 Å². The fourth-order valence-corrected chi connectivity index (χ4v) is 3.62. The van der Waals surface area contributed by atoms with Crippen molar-refractivity contribution in [3.63, 3.8) is 0 Å². The number of nitrogens with zero attached hydrogens (tertiary/aromatic N) is 3. The van der Waals surface area contributed by atoms with E-state index in [1.165, 1.54) is 8.99 Å². The van der Waals surface area contributed by atoms with Crippen molar-refractivity contribution in [1.29, 1.82) is 0 Å². The van der Waals surface area contributed by atoms with Gasteiger partial charge in [-0.2, -0.15) is 9.40 Å². The molecular weight excluding hydrogens is 246 g/mol. The van der Waals surface area contributed by atoms with Gasteiger partial charge in [0.2, 0.25) is 0 Å². The molecule has 2 rings (SSSR count). The molecule has 0 unspecified atom stereocenters. The Labute approximate surface area is 98.7 Å². The molecule has 1 N–H and O–H groups in total. The second-order valence-electron chi connectivity index (χ2n) is 4.11. The molecule has 0 bridgehead atoms. The minimum Gasteiger partial charge on any atom is -0.476 e. The summed E-state index contributed by atoms with van der Waals surface area (Å²) in [6.07, 6.45) is 0. The molecule has 8 heteroatoms. The van der Waals surface area contributed by atoms with Crippen LogP contribution in [0.15, 0.2) is 11.1 Å². The minimum absolute atomic E-state index is 0.0464. The second-order valence-corrected chi connectivity index (χ2v) is 5.94. The van der Waals surface area contributed by atoms with Crippen LogP contribution in [0, 0.1) is 0 Å². The van der Waals surface area contributed by atoms with E-state index in [1.807, 2.05) is 0 Å². The van der Waals surface area contributed by atoms with Gasteiger partial charge in [-0.1, -0.05) is 0 Å². The molecule has 0 aromatic carbocycles. The Kier molecular flexibility index (Phi) is 2.70. The van der Waals surface area contributed by atoms with Crippen LogP contribution >= 0.6 is 0 Å². The topological polar surface area (TPSA) is 92.5 Å². The van der Waals surface area contributed by atoms with Crippen molar-refractivity contribution >= 4 is 16.0 Å². The summed E-state index contributed by atoms with van der Waals surface area (Å²) in [6.45, 7) is 4.25. The monoisotopic (exact) mass is 259 g/mol. The van der Waals surface area contributed by atoms with Crippen LogP contribution in [-0.4, -0.2) is 46.2 Å². The van der Waals surface area contributed by atoms with E-state index in [1.54, 1.807) is 13.8 Å². The lowest BCUT2D eigenvalue weighted by Gasteiger charge is -2.29. The first-order chi connectivity index (χ1) is 7.84. The van der Waals surface area contributed by atoms with Crippen molar-refractivity contribution in [3.05, 3.63) is 11.8 Å². The smallest absolute Gasteiger partial charge is 0.356 e. The molecule has 0 amide bonds. The third kappa shape index (κ3) is 1.83. The number of hydrogen-bond donors (Lipinski definition) is 1. The average molecular weight is 259 g/mol. The zero-order valence-electron chi connectivity index (χ0n) is 9.49. The third-order valence-electron chi connectivity index (χ3n) is 2.64. The number of hydrogen-bond acceptors (Lipinski definition) is 4. The lowest BCUT2D eigenvalue weighted by molar-refractivity contribution is 0.0689. The average Bonchev–Trinajstić information content (AvgIpc) is 2.61. The van der Waals surface area contributed by atoms with Crippen molar-refractivity contribution < 1.29 is 18.3 Å². The summed E-state index contributed by atoms with van der Waals surface area (Å²) in [6, 6.07) is 0.948. The first-order valence-electron chi connectivity index (χ1n) is 5.17. The molecule has 1 aromatic heterocycles. The van der Waals surface area contributed by atoms with Crippen LogP contribution in [0.4, 0.5) is 0 Å². The minimum atomic E-state index is -3.62. The highest BCUT2D eigenvalue weighted by molar-refractivity contribution is 7.89. The van der Waals surface area contributed by atoms with Gasteiger partial charge >= 0.3 is 5.97 Å². The fraction of sp³-hybridized carbons (Fsp3) is 0.556. The summed E-state index contributed by atoms with van der Waals surface area (Å²) in [5.41, 5.74) is -0.241. The zero-order valence-corrected chi connectivity index (χ0v) is 10.3. The summed E-state index contributed by atoms with van der Waals surface area (Å²) >= 11 is 0. The number of sulfonamides is 1. The van der Waals surface area contributed by atoms with Crippen LogP contribution in [0.1, 0.15) is 24.3 Å². The van der Waals surface area contributed by atoms with Gasteiger partial charge in [0.15, 0.2) is 10.7 Å². The zero-order chi connectivity index (χ0) is 12.8. The third-order valence-corrected chi connectivity index (χ3v) is 4.72. The Bertz CT molecular complexity index is 561. The van der Waals surface area contributed by atoms with Gasteiger partial charge in [0.25, 0.3) is 10.0 Å². The molecule has 7 nitrogen and oxygen atoms in total. The van der Waals surface area contributed by atoms with Crippen molar-refractivity contribution in [1.82, 2.24) is 14.1 Å². The molecule has 2 heterocycles. The maximum absolute atomic E-state index is 12.2. The number of carboxylic acids is 1. The lowest BCUT2D eigenvalue weighted by atomic mass is 10.4. The Hall–Kier alpha value is -1.41. The number of fused-ring (bicyclic) bond motifs is 1. The maximum atomic E-state index is 12.2. The van der Waals surface area contributed by atoms with Gasteiger partial charge in [-0.3, -0.25) is 4.68 Å². The standard InChI is InChI=1S/C9H13N3O4S/c1-6(2)12-4-3-11-8(17(12,15)16)5-7(10-11)9(13)14/h5-6H,3-4H2,1-2H3,(H,13,14). The van der Waals surface area contributed by atoms with Crippen LogP contribution < -0.4 is 0 Å². The van der Waals surface area contributed by atoms with E-state index in [0.717, 1.165) is 6.07 Å². The first-order valence-corrected chi connectivity index (χ1v) is 6.61. The maximum Gasteiger partial charge on any atom is 0.356 e. The van der Waals surface area contributed by atoms with Gasteiger partial charge in [0.05, 0.1) is 6.54 Å². The lowest BCUT2D eigenvalue weighted by Crippen LogP contribution is -2.43. The summed E-state index contributed by atoms with van der Waals surface area (Å²) < 4.78 is 26.9. The van der Waals surface area contributed by atoms with Gasteiger partial charge in [-0.05, 0) is 13.8 Å². The highest BCUT2D eigenvalue weighted by atomic mass is 32.2. The Morgan fingerprint density at radius 1 is 1.47 bits per heavy atom. The van der Waals surface area contributed by atoms with E-state index in [4.69, 9.17) is 5.11 Å². The fourth-order valence-electron chi connectivity index (χ4n) is 1.84. The molecule has 94 valence electrons. The Morgan fingerprint density at radius 2 is 2.12 bits per heavy atom. The van der Waals surface area contributed by atoms with Gasteiger partial charge in [-0.25, -0.2) is 13.2 Å². The number of aromatic nitrogens is 2. The van der Waals surface area contributed by atoms with Crippen LogP contribution in [0.25, 0.3) is 0 Å². The first kappa shape index (κ1) is 12.1. The second kappa shape index (κ2) is 3.81. The number of rotatable bonds is 2. The predicted octanol–water partition coefficient (Wildman–Crippen LogP) is -0.00600. The number of aromatic carboxylic acids is 1. The van der Waals surface area contributed by atoms with Crippen molar-refractivity contribution in [2.24, 2.45) is 0 Å². The van der Waals surface area contributed by atoms with Gasteiger partial charge in [0.1, 0.15) is 0 Å².